The van der Waals surface area contributed by atoms with E-state index in [0.717, 1.165) is 12.7 Å². The summed E-state index contributed by atoms with van der Waals surface area (Å²) in [4.78, 5) is 33.3. The lowest BCUT2D eigenvalue weighted by Gasteiger charge is -2.15. The van der Waals surface area contributed by atoms with Crippen molar-refractivity contribution in [1.29, 1.82) is 0 Å². The minimum absolute atomic E-state index is 0.0461. The van der Waals surface area contributed by atoms with Crippen LogP contribution in [0.3, 0.4) is 0 Å². The number of nitrogens with zero attached hydrogens (tertiary/aromatic N) is 4. The number of ketones is 1. The number of hydrogen-bond acceptors (Lipinski definition) is 9. The van der Waals surface area contributed by atoms with Crippen molar-refractivity contribution in [3.8, 4) is 28.6 Å². The first-order valence-corrected chi connectivity index (χ1v) is 11.9. The topological polar surface area (TPSA) is 141 Å². The Hall–Kier alpha value is -4.46. The molecule has 1 amide bonds. The molecule has 0 saturated carbocycles. The second-order valence-corrected chi connectivity index (χ2v) is 9.02. The van der Waals surface area contributed by atoms with Crippen LogP contribution in [0.1, 0.15) is 35.8 Å². The third-order valence-electron chi connectivity index (χ3n) is 6.28. The zero-order valence-electron chi connectivity index (χ0n) is 20.4. The standard InChI is InChI=1S/C25H22F3N5O6/c1-13(19(34)8-14-4-7-37-11-14)31-23(36)16-3-2-15(9-20(16)35)39-24-22-30-10-18(33(22)6-5-29-24)17-12-38-32-21(17)25(26,27)28/h2-3,5-6,9-10,12-14,35H,4,7-8,11H2,1H3,(H,31,36)/t13-,14-/m1/s1. The molecule has 2 N–H and O–H groups in total. The Morgan fingerprint density at radius 1 is 1.31 bits per heavy atom. The van der Waals surface area contributed by atoms with Crippen LogP contribution in [0.4, 0.5) is 13.2 Å². The van der Waals surface area contributed by atoms with Crippen LogP contribution in [0.25, 0.3) is 16.9 Å². The summed E-state index contributed by atoms with van der Waals surface area (Å²) in [7, 11) is 0. The van der Waals surface area contributed by atoms with Gasteiger partial charge in [0.15, 0.2) is 11.5 Å². The van der Waals surface area contributed by atoms with Crippen LogP contribution in [0, 0.1) is 5.92 Å². The molecule has 204 valence electrons. The number of halogens is 3. The fraction of sp³-hybridized carbons (Fsp3) is 0.320. The first kappa shape index (κ1) is 26.2. The van der Waals surface area contributed by atoms with Gasteiger partial charge in [-0.3, -0.25) is 14.0 Å². The lowest BCUT2D eigenvalue weighted by atomic mass is 9.98. The molecule has 4 heterocycles. The van der Waals surface area contributed by atoms with E-state index in [1.807, 2.05) is 0 Å². The van der Waals surface area contributed by atoms with E-state index >= 15 is 0 Å². The molecular weight excluding hydrogens is 523 g/mol. The molecule has 1 saturated heterocycles. The zero-order valence-corrected chi connectivity index (χ0v) is 20.4. The lowest BCUT2D eigenvalue weighted by Crippen LogP contribution is -2.39. The van der Waals surface area contributed by atoms with Gasteiger partial charge in [0.25, 0.3) is 11.8 Å². The summed E-state index contributed by atoms with van der Waals surface area (Å²) < 4.78 is 56.7. The van der Waals surface area contributed by atoms with E-state index in [1.54, 1.807) is 6.92 Å². The minimum Gasteiger partial charge on any atom is -0.507 e. The quantitative estimate of drug-likeness (QED) is 0.336. The lowest BCUT2D eigenvalue weighted by molar-refractivity contribution is -0.142. The number of Topliss-reactive ketones (excluding diaryl/α,β-unsaturated/α-hetero) is 1. The predicted octanol–water partition coefficient (Wildman–Crippen LogP) is 4.02. The number of rotatable bonds is 8. The Morgan fingerprint density at radius 2 is 2.13 bits per heavy atom. The SMILES string of the molecule is C[C@@H](NC(=O)c1ccc(Oc2nccn3c(-c4conc4C(F)(F)F)cnc23)cc1O)C(=O)C[C@H]1CCOC1. The molecule has 1 aliphatic heterocycles. The molecule has 4 aromatic rings. The van der Waals surface area contributed by atoms with E-state index in [0.29, 0.717) is 19.6 Å². The third-order valence-corrected chi connectivity index (χ3v) is 6.28. The molecule has 5 rings (SSSR count). The molecule has 2 atom stereocenters. The molecule has 3 aromatic heterocycles. The highest BCUT2D eigenvalue weighted by atomic mass is 19.4. The van der Waals surface area contributed by atoms with Gasteiger partial charge in [-0.05, 0) is 31.4 Å². The number of nitrogens with one attached hydrogen (secondary N) is 1. The molecule has 1 fully saturated rings. The summed E-state index contributed by atoms with van der Waals surface area (Å²) in [6.45, 7) is 2.72. The van der Waals surface area contributed by atoms with Gasteiger partial charge in [0.1, 0.15) is 17.8 Å². The summed E-state index contributed by atoms with van der Waals surface area (Å²) in [5.74, 6) is -1.04. The normalized spacial score (nSPS) is 16.4. The average molecular weight is 545 g/mol. The number of carbonyl (C=O) groups excluding carboxylic acids is 2. The molecular formula is C25H22F3N5O6. The molecule has 14 heteroatoms. The van der Waals surface area contributed by atoms with Crippen molar-refractivity contribution in [2.24, 2.45) is 5.92 Å². The van der Waals surface area contributed by atoms with Crippen LogP contribution in [-0.4, -0.2) is 55.6 Å². The van der Waals surface area contributed by atoms with Gasteiger partial charge in [0.05, 0.1) is 29.1 Å². The molecule has 39 heavy (non-hydrogen) atoms. The van der Waals surface area contributed by atoms with E-state index in [1.165, 1.54) is 41.2 Å². The van der Waals surface area contributed by atoms with Gasteiger partial charge in [0, 0.05) is 38.1 Å². The monoisotopic (exact) mass is 545 g/mol. The average Bonchev–Trinajstić information content (AvgIpc) is 3.64. The Bertz CT molecular complexity index is 1530. The number of aromatic nitrogens is 4. The van der Waals surface area contributed by atoms with Gasteiger partial charge in [-0.25, -0.2) is 9.97 Å². The number of phenols is 1. The summed E-state index contributed by atoms with van der Waals surface area (Å²) in [6, 6.07) is 3.13. The Kier molecular flexibility index (Phi) is 6.95. The summed E-state index contributed by atoms with van der Waals surface area (Å²) >= 11 is 0. The van der Waals surface area contributed by atoms with Crippen molar-refractivity contribution < 1.29 is 41.9 Å². The molecule has 0 bridgehead atoms. The predicted molar refractivity (Wildman–Crippen MR) is 127 cm³/mol. The molecule has 0 radical (unpaired) electrons. The van der Waals surface area contributed by atoms with E-state index in [-0.39, 0.29) is 45.8 Å². The Balaban J connectivity index is 1.31. The van der Waals surface area contributed by atoms with Crippen molar-refractivity contribution in [2.75, 3.05) is 13.2 Å². The number of ether oxygens (including phenoxy) is 2. The Morgan fingerprint density at radius 3 is 2.85 bits per heavy atom. The van der Waals surface area contributed by atoms with Crippen LogP contribution >= 0.6 is 0 Å². The molecule has 1 aliphatic rings. The Labute approximate surface area is 218 Å². The zero-order chi connectivity index (χ0) is 27.7. The summed E-state index contributed by atoms with van der Waals surface area (Å²) in [5, 5.41) is 16.1. The first-order chi connectivity index (χ1) is 18.6. The molecule has 0 unspecified atom stereocenters. The number of imidazole rings is 1. The second-order valence-electron chi connectivity index (χ2n) is 9.02. The number of benzene rings is 1. The maximum absolute atomic E-state index is 13.3. The smallest absolute Gasteiger partial charge is 0.437 e. The van der Waals surface area contributed by atoms with E-state index in [4.69, 9.17) is 9.47 Å². The number of carbonyl (C=O) groups is 2. The maximum Gasteiger partial charge on any atom is 0.437 e. The molecule has 0 aliphatic carbocycles. The highest BCUT2D eigenvalue weighted by Crippen LogP contribution is 2.37. The van der Waals surface area contributed by atoms with Gasteiger partial charge in [-0.1, -0.05) is 5.16 Å². The van der Waals surface area contributed by atoms with Gasteiger partial charge in [-0.15, -0.1) is 0 Å². The second kappa shape index (κ2) is 10.4. The largest absolute Gasteiger partial charge is 0.507 e. The number of aromatic hydroxyl groups is 1. The van der Waals surface area contributed by atoms with E-state index in [2.05, 4.69) is 25.0 Å². The van der Waals surface area contributed by atoms with Crippen molar-refractivity contribution in [1.82, 2.24) is 24.8 Å². The van der Waals surface area contributed by atoms with Gasteiger partial charge >= 0.3 is 6.18 Å². The number of fused-ring (bicyclic) bond motifs is 1. The fourth-order valence-corrected chi connectivity index (χ4v) is 4.23. The third kappa shape index (κ3) is 5.41. The van der Waals surface area contributed by atoms with Gasteiger partial charge in [-0.2, -0.15) is 13.2 Å². The molecule has 1 aromatic carbocycles. The van der Waals surface area contributed by atoms with Crippen molar-refractivity contribution in [3.63, 3.8) is 0 Å². The highest BCUT2D eigenvalue weighted by Gasteiger charge is 2.38. The molecule has 11 nitrogen and oxygen atoms in total. The van der Waals surface area contributed by atoms with Crippen LogP contribution in [0.15, 0.2) is 47.6 Å². The maximum atomic E-state index is 13.3. The first-order valence-electron chi connectivity index (χ1n) is 11.9. The van der Waals surface area contributed by atoms with Crippen LogP contribution in [-0.2, 0) is 15.7 Å². The van der Waals surface area contributed by atoms with Crippen molar-refractivity contribution >= 4 is 17.3 Å². The molecule has 0 spiro atoms. The van der Waals surface area contributed by atoms with Gasteiger partial charge < -0.3 is 24.4 Å². The summed E-state index contributed by atoms with van der Waals surface area (Å²) in [5.41, 5.74) is -1.46. The van der Waals surface area contributed by atoms with Crippen LogP contribution < -0.4 is 10.1 Å². The van der Waals surface area contributed by atoms with Gasteiger partial charge in [0.2, 0.25) is 5.65 Å². The highest BCUT2D eigenvalue weighted by molar-refractivity contribution is 6.00. The number of alkyl halides is 3. The van der Waals surface area contributed by atoms with E-state index < -0.39 is 29.6 Å². The van der Waals surface area contributed by atoms with Crippen LogP contribution in [0.5, 0.6) is 17.4 Å². The number of amides is 1. The van der Waals surface area contributed by atoms with Crippen LogP contribution in [0.2, 0.25) is 0 Å². The number of hydrogen-bond donors (Lipinski definition) is 2. The van der Waals surface area contributed by atoms with Crippen molar-refractivity contribution in [3.05, 3.63) is 54.3 Å². The minimum atomic E-state index is -4.74. The van der Waals surface area contributed by atoms with Crippen molar-refractivity contribution in [2.45, 2.75) is 32.0 Å². The summed E-state index contributed by atoms with van der Waals surface area (Å²) in [6.07, 6.45) is 1.11. The fourth-order valence-electron chi connectivity index (χ4n) is 4.23. The number of phenolic OH excluding ortho intramolecular Hbond substituents is 1. The van der Waals surface area contributed by atoms with E-state index in [9.17, 15) is 27.9 Å².